The number of nitrogens with one attached hydrogen (secondary N) is 1. The molecule has 1 heterocycles. The van der Waals surface area contributed by atoms with Crippen molar-refractivity contribution in [3.05, 3.63) is 84.8 Å². The highest BCUT2D eigenvalue weighted by Crippen LogP contribution is 2.12. The largest absolute Gasteiger partial charge is 0.494 e. The summed E-state index contributed by atoms with van der Waals surface area (Å²) >= 11 is 0. The molecule has 0 saturated carbocycles. The molecule has 0 aliphatic rings. The number of ether oxygens (including phenoxy) is 1. The van der Waals surface area contributed by atoms with Gasteiger partial charge in [0.15, 0.2) is 0 Å². The highest BCUT2D eigenvalue weighted by molar-refractivity contribution is 5.94. The van der Waals surface area contributed by atoms with Crippen LogP contribution in [0, 0.1) is 0 Å². The quantitative estimate of drug-likeness (QED) is 0.527. The van der Waals surface area contributed by atoms with Crippen LogP contribution >= 0.6 is 0 Å². The lowest BCUT2D eigenvalue weighted by molar-refractivity contribution is -0.135. The average molecular weight is 392 g/mol. The predicted molar refractivity (Wildman–Crippen MR) is 110 cm³/mol. The summed E-state index contributed by atoms with van der Waals surface area (Å²) in [6, 6.07) is 22.2. The summed E-state index contributed by atoms with van der Waals surface area (Å²) in [4.78, 5) is 26.6. The minimum Gasteiger partial charge on any atom is -0.494 e. The van der Waals surface area contributed by atoms with Gasteiger partial charge in [0.25, 0.3) is 0 Å². The van der Waals surface area contributed by atoms with Crippen LogP contribution in [0.5, 0.6) is 5.75 Å². The summed E-state index contributed by atoms with van der Waals surface area (Å²) in [7, 11) is 0. The summed E-state index contributed by atoms with van der Waals surface area (Å²) in [5.41, 5.74) is 0.694. The first-order chi connectivity index (χ1) is 14.2. The number of amides is 2. The van der Waals surface area contributed by atoms with E-state index in [4.69, 9.17) is 9.15 Å². The second kappa shape index (κ2) is 10.7. The Kier molecular flexibility index (Phi) is 7.46. The molecule has 2 aromatic carbocycles. The van der Waals surface area contributed by atoms with Crippen LogP contribution in [-0.4, -0.2) is 29.9 Å². The van der Waals surface area contributed by atoms with Gasteiger partial charge in [-0.1, -0.05) is 36.4 Å². The molecular weight excluding hydrogens is 368 g/mol. The molecule has 0 bridgehead atoms. The van der Waals surface area contributed by atoms with Crippen molar-refractivity contribution in [2.24, 2.45) is 0 Å². The predicted octanol–water partition coefficient (Wildman–Crippen LogP) is 4.11. The van der Waals surface area contributed by atoms with Crippen LogP contribution in [-0.2, 0) is 16.1 Å². The molecule has 1 N–H and O–H groups in total. The number of carbonyl (C=O) groups is 2. The van der Waals surface area contributed by atoms with E-state index >= 15 is 0 Å². The number of carbonyl (C=O) groups excluding carboxylic acids is 2. The van der Waals surface area contributed by atoms with E-state index in [1.165, 1.54) is 4.90 Å². The topological polar surface area (TPSA) is 71.8 Å². The van der Waals surface area contributed by atoms with E-state index in [9.17, 15) is 9.59 Å². The molecule has 3 rings (SSSR count). The number of benzene rings is 2. The smallest absolute Gasteiger partial charge is 0.244 e. The van der Waals surface area contributed by atoms with Gasteiger partial charge in [0.2, 0.25) is 11.8 Å². The van der Waals surface area contributed by atoms with E-state index in [0.29, 0.717) is 24.5 Å². The van der Waals surface area contributed by atoms with E-state index in [2.05, 4.69) is 5.32 Å². The Bertz CT molecular complexity index is 880. The van der Waals surface area contributed by atoms with Crippen molar-refractivity contribution in [1.29, 1.82) is 0 Å². The van der Waals surface area contributed by atoms with E-state index < -0.39 is 0 Å². The molecule has 2 amide bonds. The van der Waals surface area contributed by atoms with Gasteiger partial charge in [-0.2, -0.15) is 0 Å². The Balaban J connectivity index is 1.52. The highest BCUT2D eigenvalue weighted by Gasteiger charge is 2.18. The molecule has 0 aliphatic heterocycles. The molecule has 0 aliphatic carbocycles. The molecule has 6 heteroatoms. The molecule has 0 spiro atoms. The van der Waals surface area contributed by atoms with Crippen LogP contribution in [0.3, 0.4) is 0 Å². The normalized spacial score (nSPS) is 10.3. The Morgan fingerprint density at radius 3 is 2.34 bits per heavy atom. The van der Waals surface area contributed by atoms with Crippen LogP contribution < -0.4 is 10.1 Å². The van der Waals surface area contributed by atoms with E-state index in [1.54, 1.807) is 30.5 Å². The molecule has 3 aromatic rings. The summed E-state index contributed by atoms with van der Waals surface area (Å²) in [6.07, 6.45) is 2.39. The Labute approximate surface area is 170 Å². The summed E-state index contributed by atoms with van der Waals surface area (Å²) in [6.45, 7) is 0.627. The standard InChI is InChI=1S/C23H24N2O4/c26-22(24-19-9-3-1-4-10-19)18-25(17-21-13-7-15-29-21)23(27)14-8-16-28-20-11-5-2-6-12-20/h1-7,9-13,15H,8,14,16-18H2,(H,24,26). The molecule has 0 atom stereocenters. The third kappa shape index (κ3) is 6.84. The van der Waals surface area contributed by atoms with Gasteiger partial charge in [0.05, 0.1) is 19.4 Å². The van der Waals surface area contributed by atoms with Gasteiger partial charge < -0.3 is 19.4 Å². The van der Waals surface area contributed by atoms with Crippen molar-refractivity contribution in [3.8, 4) is 5.75 Å². The fourth-order valence-electron chi connectivity index (χ4n) is 2.81. The minimum absolute atomic E-state index is 0.0476. The number of para-hydroxylation sites is 2. The minimum atomic E-state index is -0.253. The lowest BCUT2D eigenvalue weighted by Gasteiger charge is -2.21. The number of hydrogen-bond donors (Lipinski definition) is 1. The lowest BCUT2D eigenvalue weighted by Crippen LogP contribution is -2.37. The van der Waals surface area contributed by atoms with Crippen LogP contribution in [0.1, 0.15) is 18.6 Å². The SMILES string of the molecule is O=C(CN(Cc1ccco1)C(=O)CCCOc1ccccc1)Nc1ccccc1. The van der Waals surface area contributed by atoms with E-state index in [0.717, 1.165) is 5.75 Å². The summed E-state index contributed by atoms with van der Waals surface area (Å²) < 4.78 is 11.0. The third-order valence-electron chi connectivity index (χ3n) is 4.22. The van der Waals surface area contributed by atoms with Crippen molar-refractivity contribution in [2.75, 3.05) is 18.5 Å². The molecule has 0 saturated heterocycles. The maximum atomic E-state index is 12.7. The van der Waals surface area contributed by atoms with Crippen molar-refractivity contribution in [2.45, 2.75) is 19.4 Å². The molecule has 150 valence electrons. The first-order valence-electron chi connectivity index (χ1n) is 9.53. The number of hydrogen-bond acceptors (Lipinski definition) is 4. The summed E-state index contributed by atoms with van der Waals surface area (Å²) in [5.74, 6) is 1.03. The Morgan fingerprint density at radius 2 is 1.66 bits per heavy atom. The molecular formula is C23H24N2O4. The number of rotatable bonds is 10. The fourth-order valence-corrected chi connectivity index (χ4v) is 2.81. The van der Waals surface area contributed by atoms with Crippen molar-refractivity contribution in [3.63, 3.8) is 0 Å². The van der Waals surface area contributed by atoms with Gasteiger partial charge in [-0.25, -0.2) is 0 Å². The number of anilines is 1. The lowest BCUT2D eigenvalue weighted by atomic mass is 10.2. The molecule has 1 aromatic heterocycles. The van der Waals surface area contributed by atoms with Gasteiger partial charge in [-0.05, 0) is 42.8 Å². The van der Waals surface area contributed by atoms with Gasteiger partial charge >= 0.3 is 0 Å². The first-order valence-corrected chi connectivity index (χ1v) is 9.53. The number of furan rings is 1. The number of nitrogens with zero attached hydrogens (tertiary/aromatic N) is 1. The van der Waals surface area contributed by atoms with E-state index in [1.807, 2.05) is 48.5 Å². The van der Waals surface area contributed by atoms with Gasteiger partial charge in [0.1, 0.15) is 18.1 Å². The zero-order valence-electron chi connectivity index (χ0n) is 16.1. The zero-order valence-corrected chi connectivity index (χ0v) is 16.1. The Hall–Kier alpha value is -3.54. The van der Waals surface area contributed by atoms with Crippen LogP contribution in [0.15, 0.2) is 83.5 Å². The van der Waals surface area contributed by atoms with Gasteiger partial charge in [-0.3, -0.25) is 9.59 Å². The first kappa shape index (κ1) is 20.2. The zero-order chi connectivity index (χ0) is 20.3. The third-order valence-corrected chi connectivity index (χ3v) is 4.22. The van der Waals surface area contributed by atoms with E-state index in [-0.39, 0.29) is 31.3 Å². The fraction of sp³-hybridized carbons (Fsp3) is 0.217. The van der Waals surface area contributed by atoms with Crippen molar-refractivity contribution < 1.29 is 18.7 Å². The van der Waals surface area contributed by atoms with Crippen LogP contribution in [0.4, 0.5) is 5.69 Å². The second-order valence-corrected chi connectivity index (χ2v) is 6.51. The molecule has 0 unspecified atom stereocenters. The van der Waals surface area contributed by atoms with Gasteiger partial charge in [0, 0.05) is 12.1 Å². The second-order valence-electron chi connectivity index (χ2n) is 6.51. The molecule has 6 nitrogen and oxygen atoms in total. The Morgan fingerprint density at radius 1 is 0.931 bits per heavy atom. The molecule has 0 fully saturated rings. The maximum Gasteiger partial charge on any atom is 0.244 e. The average Bonchev–Trinajstić information content (AvgIpc) is 3.25. The molecule has 29 heavy (non-hydrogen) atoms. The van der Waals surface area contributed by atoms with Gasteiger partial charge in [-0.15, -0.1) is 0 Å². The van der Waals surface area contributed by atoms with Crippen molar-refractivity contribution in [1.82, 2.24) is 4.90 Å². The van der Waals surface area contributed by atoms with Crippen molar-refractivity contribution >= 4 is 17.5 Å². The monoisotopic (exact) mass is 392 g/mol. The summed E-state index contributed by atoms with van der Waals surface area (Å²) in [5, 5.41) is 2.81. The molecule has 0 radical (unpaired) electrons. The maximum absolute atomic E-state index is 12.7. The van der Waals surface area contributed by atoms with Crippen LogP contribution in [0.25, 0.3) is 0 Å². The van der Waals surface area contributed by atoms with Crippen LogP contribution in [0.2, 0.25) is 0 Å². The highest BCUT2D eigenvalue weighted by atomic mass is 16.5.